The molecular formula is C23H39N3O4. The summed E-state index contributed by atoms with van der Waals surface area (Å²) in [5, 5.41) is 3.13. The summed E-state index contributed by atoms with van der Waals surface area (Å²) in [6.45, 7) is 5.96. The van der Waals surface area contributed by atoms with Crippen LogP contribution in [-0.4, -0.2) is 58.1 Å². The Balaban J connectivity index is 1.74. The maximum atomic E-state index is 13.6. The van der Waals surface area contributed by atoms with Crippen LogP contribution in [0.2, 0.25) is 0 Å². The highest BCUT2D eigenvalue weighted by atomic mass is 16.6. The Morgan fingerprint density at radius 3 is 2.07 bits per heavy atom. The lowest BCUT2D eigenvalue weighted by Gasteiger charge is -2.37. The van der Waals surface area contributed by atoms with Crippen molar-refractivity contribution in [3.8, 4) is 0 Å². The number of urea groups is 1. The van der Waals surface area contributed by atoms with Crippen LogP contribution in [0, 0.1) is 0 Å². The topological polar surface area (TPSA) is 79.0 Å². The highest BCUT2D eigenvalue weighted by Crippen LogP contribution is 2.28. The minimum Gasteiger partial charge on any atom is -0.444 e. The van der Waals surface area contributed by atoms with Crippen molar-refractivity contribution in [3.63, 3.8) is 0 Å². The number of nitrogens with one attached hydrogen (secondary N) is 1. The van der Waals surface area contributed by atoms with Crippen molar-refractivity contribution < 1.29 is 19.1 Å². The molecule has 0 bridgehead atoms. The summed E-state index contributed by atoms with van der Waals surface area (Å²) in [4.78, 5) is 42.6. The third kappa shape index (κ3) is 5.88. The van der Waals surface area contributed by atoms with Crippen LogP contribution in [-0.2, 0) is 9.53 Å². The first-order valence-corrected chi connectivity index (χ1v) is 11.9. The predicted molar refractivity (Wildman–Crippen MR) is 115 cm³/mol. The molecular weight excluding hydrogens is 382 g/mol. The van der Waals surface area contributed by atoms with Gasteiger partial charge in [0, 0.05) is 18.6 Å². The third-order valence-electron chi connectivity index (χ3n) is 6.49. The van der Waals surface area contributed by atoms with Crippen LogP contribution in [0.3, 0.4) is 0 Å². The molecule has 1 aliphatic heterocycles. The van der Waals surface area contributed by atoms with E-state index in [9.17, 15) is 14.4 Å². The van der Waals surface area contributed by atoms with Crippen LogP contribution < -0.4 is 5.32 Å². The fourth-order valence-electron chi connectivity index (χ4n) is 5.00. The van der Waals surface area contributed by atoms with Crippen LogP contribution in [0.1, 0.15) is 97.8 Å². The third-order valence-corrected chi connectivity index (χ3v) is 6.49. The van der Waals surface area contributed by atoms with Crippen LogP contribution in [0.5, 0.6) is 0 Å². The van der Waals surface area contributed by atoms with Crippen molar-refractivity contribution in [1.29, 1.82) is 0 Å². The summed E-state index contributed by atoms with van der Waals surface area (Å²) in [5.41, 5.74) is -0.616. The van der Waals surface area contributed by atoms with Gasteiger partial charge in [0.25, 0.3) is 5.91 Å². The number of nitrogens with zero attached hydrogens (tertiary/aromatic N) is 2. The van der Waals surface area contributed by atoms with Crippen molar-refractivity contribution in [2.75, 3.05) is 6.54 Å². The molecule has 0 aromatic carbocycles. The van der Waals surface area contributed by atoms with Gasteiger partial charge in [-0.2, -0.15) is 0 Å². The molecule has 7 heteroatoms. The summed E-state index contributed by atoms with van der Waals surface area (Å²) in [6.07, 6.45) is 11.2. The normalized spacial score (nSPS) is 23.8. The van der Waals surface area contributed by atoms with Gasteiger partial charge in [-0.15, -0.1) is 0 Å². The van der Waals surface area contributed by atoms with Crippen molar-refractivity contribution in [2.24, 2.45) is 0 Å². The fourth-order valence-corrected chi connectivity index (χ4v) is 5.00. The molecule has 1 heterocycles. The Labute approximate surface area is 180 Å². The number of carbonyl (C=O) groups is 3. The van der Waals surface area contributed by atoms with Gasteiger partial charge in [0.05, 0.1) is 0 Å². The van der Waals surface area contributed by atoms with Gasteiger partial charge < -0.3 is 10.1 Å². The van der Waals surface area contributed by atoms with E-state index in [1.165, 1.54) is 16.2 Å². The van der Waals surface area contributed by atoms with Gasteiger partial charge in [-0.05, 0) is 59.3 Å². The highest BCUT2D eigenvalue weighted by molar-refractivity contribution is 5.99. The fraction of sp³-hybridized carbons (Fsp3) is 0.870. The summed E-state index contributed by atoms with van der Waals surface area (Å²) in [6, 6.07) is -0.805. The summed E-state index contributed by atoms with van der Waals surface area (Å²) < 4.78 is 5.52. The van der Waals surface area contributed by atoms with Crippen LogP contribution >= 0.6 is 0 Å². The standard InChI is InChI=1S/C23H39N3O4/c1-23(2,3)30-22(29)25-16-10-15-19(25)20(27)26(18-13-8-5-9-14-18)21(28)24-17-11-6-4-7-12-17/h17-19H,4-16H2,1-3H3,(H,24,28)/t19-/m1/s1. The number of carbonyl (C=O) groups excluding carboxylic acids is 3. The molecule has 3 fully saturated rings. The zero-order chi connectivity index (χ0) is 21.7. The number of amides is 4. The molecule has 0 spiro atoms. The first-order valence-electron chi connectivity index (χ1n) is 11.9. The molecule has 3 aliphatic rings. The molecule has 30 heavy (non-hydrogen) atoms. The molecule has 3 rings (SSSR count). The second-order valence-electron chi connectivity index (χ2n) is 10.1. The molecule has 1 atom stereocenters. The van der Waals surface area contributed by atoms with Gasteiger partial charge >= 0.3 is 12.1 Å². The maximum Gasteiger partial charge on any atom is 0.410 e. The van der Waals surface area contributed by atoms with Crippen LogP contribution in [0.15, 0.2) is 0 Å². The van der Waals surface area contributed by atoms with Crippen molar-refractivity contribution in [2.45, 2.75) is 122 Å². The van der Waals surface area contributed by atoms with E-state index in [-0.39, 0.29) is 24.0 Å². The molecule has 0 aromatic heterocycles. The number of hydrogen-bond donors (Lipinski definition) is 1. The number of hydrogen-bond acceptors (Lipinski definition) is 4. The average molecular weight is 422 g/mol. The van der Waals surface area contributed by atoms with Gasteiger partial charge in [0.2, 0.25) is 0 Å². The van der Waals surface area contributed by atoms with E-state index in [4.69, 9.17) is 4.74 Å². The second kappa shape index (κ2) is 10.0. The monoisotopic (exact) mass is 421 g/mol. The predicted octanol–water partition coefficient (Wildman–Crippen LogP) is 4.59. The average Bonchev–Trinajstić information content (AvgIpc) is 3.18. The summed E-state index contributed by atoms with van der Waals surface area (Å²) >= 11 is 0. The van der Waals surface area contributed by atoms with Gasteiger partial charge in [-0.1, -0.05) is 38.5 Å². The van der Waals surface area contributed by atoms with E-state index in [1.807, 2.05) is 20.8 Å². The molecule has 0 aromatic rings. The number of ether oxygens (including phenoxy) is 1. The van der Waals surface area contributed by atoms with Crippen LogP contribution in [0.4, 0.5) is 9.59 Å². The van der Waals surface area contributed by atoms with Gasteiger partial charge in [0.1, 0.15) is 11.6 Å². The number of rotatable bonds is 3. The Hall–Kier alpha value is -1.79. The number of likely N-dealkylation sites (tertiary alicyclic amines) is 1. The van der Waals surface area contributed by atoms with E-state index in [1.54, 1.807) is 0 Å². The van der Waals surface area contributed by atoms with E-state index >= 15 is 0 Å². The molecule has 4 amide bonds. The van der Waals surface area contributed by atoms with Gasteiger partial charge in [0.15, 0.2) is 0 Å². The Morgan fingerprint density at radius 2 is 1.47 bits per heavy atom. The highest BCUT2D eigenvalue weighted by Gasteiger charge is 2.42. The molecule has 1 saturated heterocycles. The first-order chi connectivity index (χ1) is 14.3. The van der Waals surface area contributed by atoms with Gasteiger partial charge in [-0.25, -0.2) is 9.59 Å². The van der Waals surface area contributed by atoms with Gasteiger partial charge in [-0.3, -0.25) is 14.6 Å². The lowest BCUT2D eigenvalue weighted by Crippen LogP contribution is -2.58. The minimum atomic E-state index is -0.616. The molecule has 2 saturated carbocycles. The molecule has 2 aliphatic carbocycles. The first kappa shape index (κ1) is 22.9. The van der Waals surface area contributed by atoms with Crippen LogP contribution in [0.25, 0.3) is 0 Å². The Bertz CT molecular complexity index is 618. The Kier molecular flexibility index (Phi) is 7.64. The molecule has 7 nitrogen and oxygen atoms in total. The maximum absolute atomic E-state index is 13.6. The van der Waals surface area contributed by atoms with E-state index in [0.717, 1.165) is 64.2 Å². The Morgan fingerprint density at radius 1 is 0.867 bits per heavy atom. The lowest BCUT2D eigenvalue weighted by molar-refractivity contribution is -0.135. The SMILES string of the molecule is CC(C)(C)OC(=O)N1CCC[C@@H]1C(=O)N(C(=O)NC1CCCCC1)C1CCCCC1. The zero-order valence-corrected chi connectivity index (χ0v) is 19.0. The van der Waals surface area contributed by atoms with E-state index in [2.05, 4.69) is 5.32 Å². The summed E-state index contributed by atoms with van der Waals surface area (Å²) in [5.74, 6) is -0.237. The van der Waals surface area contributed by atoms with Crippen molar-refractivity contribution >= 4 is 18.0 Å². The molecule has 170 valence electrons. The molecule has 0 unspecified atom stereocenters. The zero-order valence-electron chi connectivity index (χ0n) is 19.0. The second-order valence-corrected chi connectivity index (χ2v) is 10.1. The quantitative estimate of drug-likeness (QED) is 0.723. The molecule has 1 N–H and O–H groups in total. The van der Waals surface area contributed by atoms with Crippen molar-refractivity contribution in [3.05, 3.63) is 0 Å². The minimum absolute atomic E-state index is 0.0732. The summed E-state index contributed by atoms with van der Waals surface area (Å²) in [7, 11) is 0. The van der Waals surface area contributed by atoms with E-state index in [0.29, 0.717) is 13.0 Å². The lowest BCUT2D eigenvalue weighted by atomic mass is 9.93. The smallest absolute Gasteiger partial charge is 0.410 e. The van der Waals surface area contributed by atoms with E-state index < -0.39 is 17.7 Å². The van der Waals surface area contributed by atoms with Crippen molar-refractivity contribution in [1.82, 2.24) is 15.1 Å². The largest absolute Gasteiger partial charge is 0.444 e. The molecule has 0 radical (unpaired) electrons. The number of imide groups is 1.